The van der Waals surface area contributed by atoms with E-state index in [9.17, 15) is 18.4 Å². The zero-order chi connectivity index (χ0) is 22.0. The first-order chi connectivity index (χ1) is 14.9. The van der Waals surface area contributed by atoms with E-state index in [4.69, 9.17) is 4.74 Å². The fourth-order valence-electron chi connectivity index (χ4n) is 4.42. The van der Waals surface area contributed by atoms with E-state index in [-0.39, 0.29) is 23.5 Å². The number of carbonyl (C=O) groups excluding carboxylic acids is 2. The number of thiophene rings is 1. The third-order valence-electron chi connectivity index (χ3n) is 6.20. The van der Waals surface area contributed by atoms with Crippen LogP contribution in [0.5, 0.6) is 0 Å². The number of hydrogen-bond donors (Lipinski definition) is 0. The molecule has 1 aromatic heterocycles. The van der Waals surface area contributed by atoms with Gasteiger partial charge in [-0.15, -0.1) is 11.3 Å². The van der Waals surface area contributed by atoms with E-state index in [1.807, 2.05) is 24.0 Å². The number of benzene rings is 1. The minimum absolute atomic E-state index is 0.0549. The zero-order valence-corrected chi connectivity index (χ0v) is 18.4. The summed E-state index contributed by atoms with van der Waals surface area (Å²) in [4.78, 5) is 29.5. The van der Waals surface area contributed by atoms with Crippen LogP contribution in [0.1, 0.15) is 38.5 Å². The van der Waals surface area contributed by atoms with Crippen molar-refractivity contribution in [1.82, 2.24) is 9.80 Å². The van der Waals surface area contributed by atoms with Crippen molar-refractivity contribution in [2.75, 3.05) is 32.8 Å². The van der Waals surface area contributed by atoms with Gasteiger partial charge in [-0.25, -0.2) is 8.78 Å². The molecule has 0 N–H and O–H groups in total. The van der Waals surface area contributed by atoms with Gasteiger partial charge >= 0.3 is 0 Å². The fourth-order valence-corrected chi connectivity index (χ4v) is 5.26. The molecule has 0 bridgehead atoms. The Labute approximate surface area is 184 Å². The molecule has 2 fully saturated rings. The largest absolute Gasteiger partial charge is 0.371 e. The summed E-state index contributed by atoms with van der Waals surface area (Å²) in [6.07, 6.45) is 1.73. The highest BCUT2D eigenvalue weighted by molar-refractivity contribution is 7.13. The van der Waals surface area contributed by atoms with Gasteiger partial charge in [0.05, 0.1) is 23.6 Å². The first kappa shape index (κ1) is 22.0. The van der Waals surface area contributed by atoms with Crippen LogP contribution in [-0.4, -0.2) is 60.4 Å². The average Bonchev–Trinajstić information content (AvgIpc) is 3.20. The third kappa shape index (κ3) is 4.71. The Hall–Kier alpha value is -2.16. The van der Waals surface area contributed by atoms with Crippen LogP contribution in [0.3, 0.4) is 0 Å². The molecule has 166 valence electrons. The molecule has 0 radical (unpaired) electrons. The summed E-state index contributed by atoms with van der Waals surface area (Å²) in [5.74, 6) is -1.27. The molecular weight excluding hydrogens is 422 g/mol. The third-order valence-corrected chi connectivity index (χ3v) is 7.19. The van der Waals surface area contributed by atoms with Crippen LogP contribution >= 0.6 is 11.3 Å². The molecule has 4 rings (SSSR count). The first-order valence-corrected chi connectivity index (χ1v) is 11.3. The summed E-state index contributed by atoms with van der Waals surface area (Å²) < 4.78 is 34.6. The zero-order valence-electron chi connectivity index (χ0n) is 17.5. The molecule has 2 aromatic rings. The van der Waals surface area contributed by atoms with Crippen molar-refractivity contribution in [3.8, 4) is 0 Å². The second kappa shape index (κ2) is 9.14. The Bertz CT molecular complexity index is 970. The standard InChI is InChI=1S/C23H26F2N2O3S/c1-16-2-5-20(31-16)22(29)27-11-13-30-23(15-27)7-9-26(10-8-23)14-17-3-4-19(24)18(6-12-28)21(17)25/h2-5,12H,6-11,13-15H2,1H3. The summed E-state index contributed by atoms with van der Waals surface area (Å²) in [6, 6.07) is 6.51. The number of halogens is 2. The van der Waals surface area contributed by atoms with Crippen molar-refractivity contribution >= 4 is 23.5 Å². The van der Waals surface area contributed by atoms with Crippen LogP contribution in [0.2, 0.25) is 0 Å². The number of aryl methyl sites for hydroxylation is 1. The Morgan fingerprint density at radius 3 is 2.65 bits per heavy atom. The van der Waals surface area contributed by atoms with Gasteiger partial charge < -0.3 is 14.4 Å². The van der Waals surface area contributed by atoms with E-state index < -0.39 is 11.6 Å². The maximum Gasteiger partial charge on any atom is 0.264 e. The van der Waals surface area contributed by atoms with Crippen molar-refractivity contribution in [3.05, 3.63) is 56.8 Å². The van der Waals surface area contributed by atoms with E-state index in [1.165, 1.54) is 23.5 Å². The van der Waals surface area contributed by atoms with Gasteiger partial charge in [-0.1, -0.05) is 6.07 Å². The quantitative estimate of drug-likeness (QED) is 0.656. The predicted octanol–water partition coefficient (Wildman–Crippen LogP) is 3.58. The van der Waals surface area contributed by atoms with Crippen LogP contribution in [0.25, 0.3) is 0 Å². The Balaban J connectivity index is 1.38. The number of ether oxygens (including phenoxy) is 1. The van der Waals surface area contributed by atoms with Gasteiger partial charge in [-0.05, 0) is 38.0 Å². The van der Waals surface area contributed by atoms with Gasteiger partial charge in [0, 0.05) is 48.6 Å². The normalized spacial score (nSPS) is 19.0. The number of rotatable bonds is 5. The van der Waals surface area contributed by atoms with Crippen LogP contribution < -0.4 is 0 Å². The lowest BCUT2D eigenvalue weighted by molar-refractivity contribution is -0.127. The molecule has 1 aromatic carbocycles. The van der Waals surface area contributed by atoms with Crippen molar-refractivity contribution in [1.29, 1.82) is 0 Å². The molecule has 2 saturated heterocycles. The number of morpholine rings is 1. The lowest BCUT2D eigenvalue weighted by Gasteiger charge is -2.47. The maximum absolute atomic E-state index is 14.6. The van der Waals surface area contributed by atoms with Crippen LogP contribution in [0.4, 0.5) is 8.78 Å². The topological polar surface area (TPSA) is 49.9 Å². The van der Waals surface area contributed by atoms with E-state index in [0.29, 0.717) is 51.2 Å². The number of nitrogens with zero attached hydrogens (tertiary/aromatic N) is 2. The molecule has 8 heteroatoms. The van der Waals surface area contributed by atoms with E-state index >= 15 is 0 Å². The lowest BCUT2D eigenvalue weighted by atomic mass is 9.89. The minimum Gasteiger partial charge on any atom is -0.371 e. The summed E-state index contributed by atoms with van der Waals surface area (Å²) in [5.41, 5.74) is -0.154. The summed E-state index contributed by atoms with van der Waals surface area (Å²) in [5, 5.41) is 0. The van der Waals surface area contributed by atoms with Crippen molar-refractivity contribution in [3.63, 3.8) is 0 Å². The Morgan fingerprint density at radius 1 is 1.19 bits per heavy atom. The summed E-state index contributed by atoms with van der Waals surface area (Å²) in [7, 11) is 0. The number of hydrogen-bond acceptors (Lipinski definition) is 5. The monoisotopic (exact) mass is 448 g/mol. The highest BCUT2D eigenvalue weighted by Crippen LogP contribution is 2.32. The first-order valence-electron chi connectivity index (χ1n) is 10.5. The van der Waals surface area contributed by atoms with Gasteiger partial charge in [-0.3, -0.25) is 9.69 Å². The van der Waals surface area contributed by atoms with Gasteiger partial charge in [0.25, 0.3) is 5.91 Å². The molecule has 0 saturated carbocycles. The van der Waals surface area contributed by atoms with Crippen molar-refractivity contribution in [2.45, 2.75) is 38.3 Å². The minimum atomic E-state index is -0.688. The summed E-state index contributed by atoms with van der Waals surface area (Å²) in [6.45, 7) is 5.39. The van der Waals surface area contributed by atoms with Crippen molar-refractivity contribution < 1.29 is 23.1 Å². The molecule has 0 atom stereocenters. The number of aldehydes is 1. The van der Waals surface area contributed by atoms with Gasteiger partial charge in [0.2, 0.25) is 0 Å². The number of amides is 1. The average molecular weight is 449 g/mol. The van der Waals surface area contributed by atoms with E-state index in [2.05, 4.69) is 4.90 Å². The second-order valence-electron chi connectivity index (χ2n) is 8.31. The lowest BCUT2D eigenvalue weighted by Crippen LogP contribution is -2.57. The molecule has 0 unspecified atom stereocenters. The fraction of sp³-hybridized carbons (Fsp3) is 0.478. The van der Waals surface area contributed by atoms with Crippen LogP contribution in [-0.2, 0) is 22.5 Å². The molecule has 2 aliphatic rings. The smallest absolute Gasteiger partial charge is 0.264 e. The molecule has 1 spiro atoms. The molecule has 2 aliphatic heterocycles. The van der Waals surface area contributed by atoms with Crippen molar-refractivity contribution in [2.24, 2.45) is 0 Å². The molecule has 31 heavy (non-hydrogen) atoms. The SMILES string of the molecule is Cc1ccc(C(=O)N2CCOC3(CCN(Cc4ccc(F)c(CC=O)c4F)CC3)C2)s1. The second-order valence-corrected chi connectivity index (χ2v) is 9.60. The Morgan fingerprint density at radius 2 is 1.97 bits per heavy atom. The number of piperidine rings is 1. The predicted molar refractivity (Wildman–Crippen MR) is 114 cm³/mol. The van der Waals surface area contributed by atoms with Gasteiger partial charge in [-0.2, -0.15) is 0 Å². The number of carbonyl (C=O) groups is 2. The molecule has 5 nitrogen and oxygen atoms in total. The van der Waals surface area contributed by atoms with E-state index in [1.54, 1.807) is 0 Å². The maximum atomic E-state index is 14.6. The molecule has 1 amide bonds. The molecule has 0 aliphatic carbocycles. The van der Waals surface area contributed by atoms with Crippen LogP contribution in [0.15, 0.2) is 24.3 Å². The van der Waals surface area contributed by atoms with Gasteiger partial charge in [0.15, 0.2) is 0 Å². The molecule has 3 heterocycles. The van der Waals surface area contributed by atoms with Gasteiger partial charge in [0.1, 0.15) is 17.9 Å². The highest BCUT2D eigenvalue weighted by atomic mass is 32.1. The van der Waals surface area contributed by atoms with E-state index in [0.717, 1.165) is 22.6 Å². The summed E-state index contributed by atoms with van der Waals surface area (Å²) >= 11 is 1.51. The molecular formula is C23H26F2N2O3S. The van der Waals surface area contributed by atoms with Crippen LogP contribution in [0, 0.1) is 18.6 Å². The highest BCUT2D eigenvalue weighted by Gasteiger charge is 2.41. The number of likely N-dealkylation sites (tertiary alicyclic amines) is 1. The Kier molecular flexibility index (Phi) is 6.50.